The Morgan fingerprint density at radius 1 is 0.796 bits per heavy atom. The van der Waals surface area contributed by atoms with Gasteiger partial charge in [-0.2, -0.15) is 0 Å². The summed E-state index contributed by atoms with van der Waals surface area (Å²) in [5.41, 5.74) is 24.5. The number of anilines is 2. The van der Waals surface area contributed by atoms with Crippen LogP contribution in [0.2, 0.25) is 0 Å². The topological polar surface area (TPSA) is 136 Å². The zero-order chi connectivity index (χ0) is 35.8. The highest BCUT2D eigenvalue weighted by atomic mass is 16.2. The first kappa shape index (κ1) is 36.5. The van der Waals surface area contributed by atoms with E-state index >= 15 is 0 Å². The molecule has 0 unspecified atom stereocenters. The van der Waals surface area contributed by atoms with Gasteiger partial charge in [0.05, 0.1) is 17.9 Å². The number of hydrogen-bond acceptors (Lipinski definition) is 6. The van der Waals surface area contributed by atoms with Crippen LogP contribution < -0.4 is 27.0 Å². The highest BCUT2D eigenvalue weighted by molar-refractivity contribution is 6.06. The minimum absolute atomic E-state index is 0.0913. The first-order valence-corrected chi connectivity index (χ1v) is 16.5. The number of nitrogens with two attached hydrogens (primary N) is 3. The number of benzene rings is 4. The van der Waals surface area contributed by atoms with Gasteiger partial charge in [-0.3, -0.25) is 14.4 Å². The van der Waals surface area contributed by atoms with E-state index in [2.05, 4.69) is 62.2 Å². The van der Waals surface area contributed by atoms with E-state index in [1.165, 1.54) is 5.56 Å². The number of para-hydroxylation sites is 2. The van der Waals surface area contributed by atoms with E-state index in [0.717, 1.165) is 57.7 Å². The first-order chi connectivity index (χ1) is 23.4. The molecule has 6 rings (SSSR count). The van der Waals surface area contributed by atoms with Crippen LogP contribution in [0.3, 0.4) is 0 Å². The number of carbonyl (C=O) groups is 3. The van der Waals surface area contributed by atoms with Crippen LogP contribution in [0.5, 0.6) is 0 Å². The Kier molecular flexibility index (Phi) is 11.7. The second kappa shape index (κ2) is 15.7. The number of amides is 2. The van der Waals surface area contributed by atoms with E-state index in [-0.39, 0.29) is 18.1 Å². The Hall–Kier alpha value is -5.31. The van der Waals surface area contributed by atoms with Gasteiger partial charge in [0.25, 0.3) is 5.91 Å². The summed E-state index contributed by atoms with van der Waals surface area (Å²) in [6.45, 7) is 14.1. The van der Waals surface area contributed by atoms with Crippen molar-refractivity contribution in [3.8, 4) is 11.1 Å². The van der Waals surface area contributed by atoms with Crippen molar-refractivity contribution in [3.63, 3.8) is 0 Å². The van der Waals surface area contributed by atoms with Crippen LogP contribution in [-0.4, -0.2) is 29.3 Å². The predicted molar refractivity (Wildman–Crippen MR) is 201 cm³/mol. The van der Waals surface area contributed by atoms with Crippen LogP contribution in [0, 0.1) is 0 Å². The summed E-state index contributed by atoms with van der Waals surface area (Å²) in [5, 5.41) is 0. The number of Topliss-reactive ketones (excluding diaryl/α,β-unsaturated/α-hetero) is 1. The molecule has 49 heavy (non-hydrogen) atoms. The van der Waals surface area contributed by atoms with Crippen molar-refractivity contribution in [2.75, 3.05) is 9.80 Å². The number of primary amides is 1. The summed E-state index contributed by atoms with van der Waals surface area (Å²) in [4.78, 5) is 37.7. The van der Waals surface area contributed by atoms with Gasteiger partial charge in [0.1, 0.15) is 11.2 Å². The number of ketones is 1. The Morgan fingerprint density at radius 3 is 1.88 bits per heavy atom. The SMILES string of the molecule is C=C(C)c1ccccc1C(C)=O.C=C(CC)N1c2ccccc2N(Cc2ccc(-c3ccccc3)cc2)C(=O)[C@@]2(N)CCC[C@@]12N.NC=O. The number of fused-ring (bicyclic) bond motifs is 2. The maximum Gasteiger partial charge on any atom is 0.251 e. The van der Waals surface area contributed by atoms with Crippen molar-refractivity contribution in [2.24, 2.45) is 17.2 Å². The molecule has 2 amide bonds. The van der Waals surface area contributed by atoms with E-state index in [1.807, 2.05) is 83.5 Å². The molecule has 0 aromatic heterocycles. The zero-order valence-corrected chi connectivity index (χ0v) is 28.7. The van der Waals surface area contributed by atoms with Crippen LogP contribution in [0.1, 0.15) is 67.9 Å². The van der Waals surface area contributed by atoms with E-state index in [9.17, 15) is 9.59 Å². The van der Waals surface area contributed by atoms with Crippen molar-refractivity contribution >= 4 is 35.0 Å². The van der Waals surface area contributed by atoms with Gasteiger partial charge in [0, 0.05) is 11.3 Å². The van der Waals surface area contributed by atoms with Crippen LogP contribution in [-0.2, 0) is 16.1 Å². The molecular weight excluding hydrogens is 610 g/mol. The van der Waals surface area contributed by atoms with Gasteiger partial charge in [-0.05, 0) is 73.9 Å². The molecule has 0 bridgehead atoms. The molecule has 6 N–H and O–H groups in total. The normalized spacial score (nSPS) is 19.2. The first-order valence-electron chi connectivity index (χ1n) is 16.5. The second-order valence-corrected chi connectivity index (χ2v) is 12.5. The molecule has 0 spiro atoms. The molecule has 1 aliphatic heterocycles. The third kappa shape index (κ3) is 7.41. The van der Waals surface area contributed by atoms with E-state index in [4.69, 9.17) is 16.3 Å². The largest absolute Gasteiger partial charge is 0.372 e. The quantitative estimate of drug-likeness (QED) is 0.142. The summed E-state index contributed by atoms with van der Waals surface area (Å²) < 4.78 is 0. The monoisotopic (exact) mass is 657 g/mol. The Morgan fingerprint density at radius 2 is 1.33 bits per heavy atom. The molecule has 2 aliphatic rings. The molecule has 1 fully saturated rings. The van der Waals surface area contributed by atoms with Gasteiger partial charge in [0.2, 0.25) is 6.41 Å². The second-order valence-electron chi connectivity index (χ2n) is 12.5. The van der Waals surface area contributed by atoms with Crippen LogP contribution in [0.25, 0.3) is 16.7 Å². The van der Waals surface area contributed by atoms with Gasteiger partial charge >= 0.3 is 0 Å². The Balaban J connectivity index is 0.000000302. The lowest BCUT2D eigenvalue weighted by Crippen LogP contribution is -2.75. The summed E-state index contributed by atoms with van der Waals surface area (Å²) in [6, 6.07) is 34.1. The fourth-order valence-corrected chi connectivity index (χ4v) is 6.67. The van der Waals surface area contributed by atoms with Crippen molar-refractivity contribution in [3.05, 3.63) is 139 Å². The lowest BCUT2D eigenvalue weighted by molar-refractivity contribution is -0.125. The number of hydrogen-bond donors (Lipinski definition) is 3. The molecule has 8 nitrogen and oxygen atoms in total. The summed E-state index contributed by atoms with van der Waals surface area (Å²) >= 11 is 0. The van der Waals surface area contributed by atoms with Gasteiger partial charge in [-0.1, -0.05) is 117 Å². The Bertz CT molecular complexity index is 1790. The molecule has 4 aromatic carbocycles. The molecule has 8 heteroatoms. The molecule has 0 radical (unpaired) electrons. The Labute approximate surface area is 289 Å². The maximum atomic E-state index is 14.1. The molecular formula is C41H47N5O3. The number of allylic oxidation sites excluding steroid dienone is 2. The van der Waals surface area contributed by atoms with E-state index in [0.29, 0.717) is 19.4 Å². The number of rotatable bonds is 7. The molecule has 4 aromatic rings. The molecule has 1 saturated carbocycles. The molecule has 1 heterocycles. The lowest BCUT2D eigenvalue weighted by Gasteiger charge is -2.47. The van der Waals surface area contributed by atoms with Gasteiger partial charge in [0.15, 0.2) is 5.78 Å². The average molecular weight is 658 g/mol. The minimum Gasteiger partial charge on any atom is -0.372 e. The molecule has 0 saturated heterocycles. The average Bonchev–Trinajstić information content (AvgIpc) is 3.40. The van der Waals surface area contributed by atoms with Crippen LogP contribution in [0.15, 0.2) is 122 Å². The van der Waals surface area contributed by atoms with Crippen LogP contribution >= 0.6 is 0 Å². The van der Waals surface area contributed by atoms with Gasteiger partial charge in [-0.25, -0.2) is 0 Å². The zero-order valence-electron chi connectivity index (χ0n) is 28.7. The number of carbonyl (C=O) groups excluding carboxylic acids is 3. The van der Waals surface area contributed by atoms with Crippen molar-refractivity contribution in [1.82, 2.24) is 0 Å². The van der Waals surface area contributed by atoms with Gasteiger partial charge < -0.3 is 27.0 Å². The summed E-state index contributed by atoms with van der Waals surface area (Å²) in [5.74, 6) is -0.0351. The fraction of sp³-hybridized carbons (Fsp3) is 0.244. The van der Waals surface area contributed by atoms with E-state index in [1.54, 1.807) is 6.92 Å². The molecule has 2 atom stereocenters. The van der Waals surface area contributed by atoms with Crippen molar-refractivity contribution in [1.29, 1.82) is 0 Å². The van der Waals surface area contributed by atoms with Crippen molar-refractivity contribution in [2.45, 2.75) is 64.2 Å². The predicted octanol–water partition coefficient (Wildman–Crippen LogP) is 7.19. The van der Waals surface area contributed by atoms with Gasteiger partial charge in [-0.15, -0.1) is 0 Å². The summed E-state index contributed by atoms with van der Waals surface area (Å²) in [6.07, 6.45) is 2.96. The van der Waals surface area contributed by atoms with Crippen LogP contribution in [0.4, 0.5) is 11.4 Å². The molecule has 1 aliphatic carbocycles. The smallest absolute Gasteiger partial charge is 0.251 e. The molecule has 254 valence electrons. The fourth-order valence-electron chi connectivity index (χ4n) is 6.67. The highest BCUT2D eigenvalue weighted by Crippen LogP contribution is 2.49. The summed E-state index contributed by atoms with van der Waals surface area (Å²) in [7, 11) is 0. The third-order valence-electron chi connectivity index (χ3n) is 9.23. The van der Waals surface area contributed by atoms with Crippen molar-refractivity contribution < 1.29 is 14.4 Å². The highest BCUT2D eigenvalue weighted by Gasteiger charge is 2.62. The van der Waals surface area contributed by atoms with E-state index < -0.39 is 11.2 Å². The maximum absolute atomic E-state index is 14.1. The number of nitrogens with zero attached hydrogens (tertiary/aromatic N) is 2. The third-order valence-corrected chi connectivity index (χ3v) is 9.23. The minimum atomic E-state index is -1.20. The standard InChI is InChI=1S/C29H32N4O.C11H12O.CH3NO/c1-3-21(2)33-26-13-8-7-12-25(26)32(27(34)28(30)18-9-19-29(28,33)31)20-22-14-16-24(17-15-22)23-10-5-4-6-11-23;1-8(2)10-6-4-5-7-11(10)9(3)12;2-1-3/h4-8,10-17H,2-3,9,18-20,30-31H2,1H3;4-7H,1H2,2-3H3;1H,(H2,2,3)/t28-,29+;;/m0../s1. The lowest BCUT2D eigenvalue weighted by atomic mass is 9.85.